The zero-order valence-electron chi connectivity index (χ0n) is 15.1. The number of benzene rings is 3. The molecule has 1 aliphatic rings. The SMILES string of the molecule is Cc1ccc2c(c1)Sc1cc(C(=O)O)c(C(=O)NCc3ccccc3)cc1S2. The molecule has 3 aromatic carbocycles. The van der Waals surface area contributed by atoms with Gasteiger partial charge in [0.2, 0.25) is 0 Å². The molecule has 0 spiro atoms. The third kappa shape index (κ3) is 3.79. The molecule has 0 radical (unpaired) electrons. The third-order valence-corrected chi connectivity index (χ3v) is 6.90. The van der Waals surface area contributed by atoms with E-state index in [1.165, 1.54) is 0 Å². The Balaban J connectivity index is 1.65. The third-order valence-electron chi connectivity index (χ3n) is 4.39. The summed E-state index contributed by atoms with van der Waals surface area (Å²) in [6.07, 6.45) is 0. The smallest absolute Gasteiger partial charge is 0.336 e. The lowest BCUT2D eigenvalue weighted by atomic mass is 10.1. The summed E-state index contributed by atoms with van der Waals surface area (Å²) in [4.78, 5) is 28.5. The fourth-order valence-electron chi connectivity index (χ4n) is 2.97. The number of nitrogens with one attached hydrogen (secondary N) is 1. The number of hydrogen-bond acceptors (Lipinski definition) is 4. The minimum absolute atomic E-state index is 0.0218. The Hall–Kier alpha value is -2.70. The van der Waals surface area contributed by atoms with Gasteiger partial charge < -0.3 is 10.4 Å². The molecule has 28 heavy (non-hydrogen) atoms. The van der Waals surface area contributed by atoms with Gasteiger partial charge in [-0.15, -0.1) is 0 Å². The van der Waals surface area contributed by atoms with Crippen molar-refractivity contribution in [2.75, 3.05) is 0 Å². The molecule has 1 amide bonds. The molecule has 0 aromatic heterocycles. The van der Waals surface area contributed by atoms with E-state index in [2.05, 4.69) is 23.5 Å². The van der Waals surface area contributed by atoms with Crippen LogP contribution >= 0.6 is 23.5 Å². The fourth-order valence-corrected chi connectivity index (χ4v) is 5.33. The van der Waals surface area contributed by atoms with E-state index in [4.69, 9.17) is 0 Å². The highest BCUT2D eigenvalue weighted by Gasteiger charge is 2.24. The molecular weight excluding hydrogens is 390 g/mol. The zero-order chi connectivity index (χ0) is 19.7. The van der Waals surface area contributed by atoms with Gasteiger partial charge in [-0.3, -0.25) is 4.79 Å². The lowest BCUT2D eigenvalue weighted by molar-refractivity contribution is 0.0690. The van der Waals surface area contributed by atoms with Crippen LogP contribution < -0.4 is 5.32 Å². The topological polar surface area (TPSA) is 66.4 Å². The minimum atomic E-state index is -1.10. The first-order chi connectivity index (χ1) is 13.5. The molecule has 0 bridgehead atoms. The Bertz CT molecular complexity index is 1080. The van der Waals surface area contributed by atoms with Crippen molar-refractivity contribution in [3.05, 3.63) is 82.9 Å². The van der Waals surface area contributed by atoms with Gasteiger partial charge >= 0.3 is 5.97 Å². The van der Waals surface area contributed by atoms with Gasteiger partial charge in [0.05, 0.1) is 11.1 Å². The molecule has 0 fully saturated rings. The molecule has 3 aromatic rings. The number of fused-ring (bicyclic) bond motifs is 2. The van der Waals surface area contributed by atoms with Gasteiger partial charge in [-0.1, -0.05) is 59.9 Å². The van der Waals surface area contributed by atoms with Gasteiger partial charge in [-0.2, -0.15) is 0 Å². The number of aryl methyl sites for hydroxylation is 1. The van der Waals surface area contributed by atoms with Gasteiger partial charge in [0.1, 0.15) is 0 Å². The molecule has 6 heteroatoms. The van der Waals surface area contributed by atoms with Crippen LogP contribution in [-0.4, -0.2) is 17.0 Å². The van der Waals surface area contributed by atoms with Gasteiger partial charge in [0.25, 0.3) is 5.91 Å². The summed E-state index contributed by atoms with van der Waals surface area (Å²) in [6, 6.07) is 19.0. The maximum Gasteiger partial charge on any atom is 0.336 e. The molecule has 0 saturated heterocycles. The van der Waals surface area contributed by atoms with Crippen LogP contribution in [0.5, 0.6) is 0 Å². The van der Waals surface area contributed by atoms with Crippen molar-refractivity contribution in [1.82, 2.24) is 5.32 Å². The molecule has 0 atom stereocenters. The van der Waals surface area contributed by atoms with Gasteiger partial charge in [0, 0.05) is 26.1 Å². The number of carbonyl (C=O) groups is 2. The van der Waals surface area contributed by atoms with E-state index in [1.54, 1.807) is 35.7 Å². The van der Waals surface area contributed by atoms with E-state index in [9.17, 15) is 14.7 Å². The van der Waals surface area contributed by atoms with Crippen molar-refractivity contribution in [3.8, 4) is 0 Å². The number of amides is 1. The summed E-state index contributed by atoms with van der Waals surface area (Å²) in [5.74, 6) is -1.49. The van der Waals surface area contributed by atoms with Gasteiger partial charge in [-0.25, -0.2) is 4.79 Å². The Morgan fingerprint density at radius 2 is 1.50 bits per heavy atom. The van der Waals surface area contributed by atoms with E-state index in [0.29, 0.717) is 6.54 Å². The highest BCUT2D eigenvalue weighted by atomic mass is 32.2. The normalized spacial score (nSPS) is 12.0. The number of hydrogen-bond donors (Lipinski definition) is 2. The maximum atomic E-state index is 12.7. The second kappa shape index (κ2) is 7.73. The quantitative estimate of drug-likeness (QED) is 0.484. The molecule has 1 aliphatic heterocycles. The summed E-state index contributed by atoms with van der Waals surface area (Å²) < 4.78 is 0. The molecule has 0 aliphatic carbocycles. The Labute approximate surface area is 171 Å². The number of carboxylic acid groups (broad SMARTS) is 1. The second-order valence-corrected chi connectivity index (χ2v) is 8.64. The first kappa shape index (κ1) is 18.7. The number of carboxylic acids is 1. The lowest BCUT2D eigenvalue weighted by Gasteiger charge is -2.20. The van der Waals surface area contributed by atoms with Crippen molar-refractivity contribution in [1.29, 1.82) is 0 Å². The summed E-state index contributed by atoms with van der Waals surface area (Å²) in [5.41, 5.74) is 2.32. The molecule has 0 saturated carbocycles. The Kier molecular flexibility index (Phi) is 5.15. The summed E-state index contributed by atoms with van der Waals surface area (Å²) >= 11 is 3.11. The number of rotatable bonds is 4. The van der Waals surface area contributed by atoms with E-state index in [1.807, 2.05) is 37.3 Å². The van der Waals surface area contributed by atoms with Crippen molar-refractivity contribution in [2.24, 2.45) is 0 Å². The van der Waals surface area contributed by atoms with Crippen LogP contribution in [0.4, 0.5) is 0 Å². The number of aromatic carboxylic acids is 1. The van der Waals surface area contributed by atoms with E-state index in [0.717, 1.165) is 30.7 Å². The van der Waals surface area contributed by atoms with Gasteiger partial charge in [0.15, 0.2) is 0 Å². The van der Waals surface area contributed by atoms with Crippen molar-refractivity contribution < 1.29 is 14.7 Å². The van der Waals surface area contributed by atoms with E-state index >= 15 is 0 Å². The molecule has 1 heterocycles. The first-order valence-corrected chi connectivity index (χ1v) is 10.3. The summed E-state index contributed by atoms with van der Waals surface area (Å²) in [6.45, 7) is 2.38. The second-order valence-electron chi connectivity index (χ2n) is 6.47. The number of carbonyl (C=O) groups excluding carboxylic acids is 1. The highest BCUT2D eigenvalue weighted by Crippen LogP contribution is 2.49. The van der Waals surface area contributed by atoms with Crippen molar-refractivity contribution in [2.45, 2.75) is 33.1 Å². The standard InChI is InChI=1S/C22H17NO3S2/c1-13-7-8-17-18(9-13)28-20-11-16(22(25)26)15(10-19(20)27-17)21(24)23-12-14-5-3-2-4-6-14/h2-11H,12H2,1H3,(H,23,24)(H,25,26). The molecule has 0 unspecified atom stereocenters. The average molecular weight is 408 g/mol. The molecule has 2 N–H and O–H groups in total. The van der Waals surface area contributed by atoms with Crippen molar-refractivity contribution >= 4 is 35.4 Å². The molecule has 4 rings (SSSR count). The van der Waals surface area contributed by atoms with Crippen LogP contribution in [0.1, 0.15) is 31.8 Å². The Morgan fingerprint density at radius 1 is 0.857 bits per heavy atom. The predicted molar refractivity (Wildman–Crippen MR) is 110 cm³/mol. The van der Waals surface area contributed by atoms with Gasteiger partial charge in [-0.05, 0) is 42.3 Å². The first-order valence-electron chi connectivity index (χ1n) is 8.71. The maximum absolute atomic E-state index is 12.7. The largest absolute Gasteiger partial charge is 0.478 e. The van der Waals surface area contributed by atoms with Crippen molar-refractivity contribution in [3.63, 3.8) is 0 Å². The highest BCUT2D eigenvalue weighted by molar-refractivity contribution is 8.05. The van der Waals surface area contributed by atoms with E-state index < -0.39 is 5.97 Å². The fraction of sp³-hybridized carbons (Fsp3) is 0.0909. The van der Waals surface area contributed by atoms with Crippen LogP contribution in [-0.2, 0) is 6.54 Å². The van der Waals surface area contributed by atoms with Crippen LogP contribution in [0, 0.1) is 6.92 Å². The average Bonchev–Trinajstić information content (AvgIpc) is 2.70. The summed E-state index contributed by atoms with van der Waals surface area (Å²) in [5, 5.41) is 12.5. The van der Waals surface area contributed by atoms with Crippen LogP contribution in [0.2, 0.25) is 0 Å². The van der Waals surface area contributed by atoms with E-state index in [-0.39, 0.29) is 17.0 Å². The Morgan fingerprint density at radius 3 is 2.21 bits per heavy atom. The molecular formula is C22H17NO3S2. The van der Waals surface area contributed by atoms with Crippen LogP contribution in [0.25, 0.3) is 0 Å². The zero-order valence-corrected chi connectivity index (χ0v) is 16.7. The predicted octanol–water partition coefficient (Wildman–Crippen LogP) is 5.24. The minimum Gasteiger partial charge on any atom is -0.478 e. The lowest BCUT2D eigenvalue weighted by Crippen LogP contribution is -2.25. The molecule has 4 nitrogen and oxygen atoms in total. The van der Waals surface area contributed by atoms with Crippen LogP contribution in [0.3, 0.4) is 0 Å². The molecule has 140 valence electrons. The van der Waals surface area contributed by atoms with Crippen LogP contribution in [0.15, 0.2) is 80.2 Å². The summed E-state index contributed by atoms with van der Waals surface area (Å²) in [7, 11) is 0. The monoisotopic (exact) mass is 407 g/mol.